The second-order valence-electron chi connectivity index (χ2n) is 3.93. The van der Waals surface area contributed by atoms with Crippen molar-refractivity contribution in [2.75, 3.05) is 0 Å². The van der Waals surface area contributed by atoms with Crippen LogP contribution in [0.1, 0.15) is 31.9 Å². The van der Waals surface area contributed by atoms with Crippen molar-refractivity contribution in [2.45, 2.75) is 38.6 Å². The molecule has 18 heavy (non-hydrogen) atoms. The van der Waals surface area contributed by atoms with Gasteiger partial charge >= 0.3 is 6.18 Å². The van der Waals surface area contributed by atoms with Gasteiger partial charge in [0.15, 0.2) is 0 Å². The van der Waals surface area contributed by atoms with Crippen LogP contribution in [0.4, 0.5) is 13.2 Å². The van der Waals surface area contributed by atoms with E-state index in [-0.39, 0.29) is 24.1 Å². The zero-order valence-electron chi connectivity index (χ0n) is 10.2. The molecule has 0 aromatic heterocycles. The fourth-order valence-corrected chi connectivity index (χ4v) is 1.29. The molecule has 0 radical (unpaired) electrons. The summed E-state index contributed by atoms with van der Waals surface area (Å²) >= 11 is 0. The largest absolute Gasteiger partial charge is 0.491 e. The number of hydrogen-bond donors (Lipinski definition) is 1. The second kappa shape index (κ2) is 6.85. The lowest BCUT2D eigenvalue weighted by Gasteiger charge is -2.18. The SMILES string of the molecule is CCC(C)Oc1cccc([C@H](N)C(F)(F)F)c1.Cl. The standard InChI is InChI=1S/C12H16F3NO.ClH/c1-3-8(2)17-10-6-4-5-9(7-10)11(16)12(13,14)15;/h4-8,11H,3,16H2,1-2H3;1H/t8?,11-;/m0./s1. The number of rotatable bonds is 4. The predicted octanol–water partition coefficient (Wildman–Crippen LogP) is 3.85. The highest BCUT2D eigenvalue weighted by atomic mass is 35.5. The second-order valence-corrected chi connectivity index (χ2v) is 3.93. The summed E-state index contributed by atoms with van der Waals surface area (Å²) in [6.07, 6.45) is -3.68. The third-order valence-corrected chi connectivity index (χ3v) is 2.48. The predicted molar refractivity (Wildman–Crippen MR) is 67.1 cm³/mol. The van der Waals surface area contributed by atoms with Crippen molar-refractivity contribution in [2.24, 2.45) is 5.73 Å². The molecule has 0 bridgehead atoms. The highest BCUT2D eigenvalue weighted by Gasteiger charge is 2.37. The fourth-order valence-electron chi connectivity index (χ4n) is 1.29. The van der Waals surface area contributed by atoms with E-state index in [2.05, 4.69) is 0 Å². The Kier molecular flexibility index (Phi) is 6.49. The van der Waals surface area contributed by atoms with Crippen LogP contribution in [-0.2, 0) is 0 Å². The molecule has 0 amide bonds. The molecule has 1 unspecified atom stereocenters. The van der Waals surface area contributed by atoms with Crippen molar-refractivity contribution in [1.29, 1.82) is 0 Å². The maximum atomic E-state index is 12.4. The van der Waals surface area contributed by atoms with Crippen molar-refractivity contribution in [3.8, 4) is 5.75 Å². The van der Waals surface area contributed by atoms with Crippen LogP contribution >= 0.6 is 12.4 Å². The van der Waals surface area contributed by atoms with Gasteiger partial charge in [-0.3, -0.25) is 0 Å². The lowest BCUT2D eigenvalue weighted by Crippen LogP contribution is -2.28. The van der Waals surface area contributed by atoms with Gasteiger partial charge in [0.2, 0.25) is 0 Å². The molecule has 0 aliphatic carbocycles. The first-order chi connectivity index (χ1) is 7.84. The van der Waals surface area contributed by atoms with Crippen molar-refractivity contribution < 1.29 is 17.9 Å². The quantitative estimate of drug-likeness (QED) is 0.911. The molecular formula is C12H17ClF3NO. The van der Waals surface area contributed by atoms with Gasteiger partial charge in [0.1, 0.15) is 11.8 Å². The number of nitrogens with two attached hydrogens (primary N) is 1. The summed E-state index contributed by atoms with van der Waals surface area (Å²) < 4.78 is 42.7. The number of benzene rings is 1. The lowest BCUT2D eigenvalue weighted by atomic mass is 10.1. The van der Waals surface area contributed by atoms with E-state index in [4.69, 9.17) is 10.5 Å². The average Bonchev–Trinajstić information content (AvgIpc) is 2.27. The van der Waals surface area contributed by atoms with Gasteiger partial charge in [-0.2, -0.15) is 13.2 Å². The summed E-state index contributed by atoms with van der Waals surface area (Å²) in [5, 5.41) is 0. The molecule has 104 valence electrons. The van der Waals surface area contributed by atoms with Gasteiger partial charge < -0.3 is 10.5 Å². The van der Waals surface area contributed by atoms with Gasteiger partial charge in [0.25, 0.3) is 0 Å². The first kappa shape index (κ1) is 17.1. The molecule has 2 atom stereocenters. The normalized spacial score (nSPS) is 14.6. The molecule has 0 saturated carbocycles. The molecular weight excluding hydrogens is 267 g/mol. The van der Waals surface area contributed by atoms with E-state index in [1.54, 1.807) is 6.07 Å². The zero-order valence-corrected chi connectivity index (χ0v) is 11.0. The Balaban J connectivity index is 0.00000289. The van der Waals surface area contributed by atoms with E-state index in [0.717, 1.165) is 6.42 Å². The Morgan fingerprint density at radius 2 is 1.94 bits per heavy atom. The van der Waals surface area contributed by atoms with E-state index in [9.17, 15) is 13.2 Å². The van der Waals surface area contributed by atoms with Crippen LogP contribution in [0.15, 0.2) is 24.3 Å². The van der Waals surface area contributed by atoms with Crippen LogP contribution in [-0.4, -0.2) is 12.3 Å². The molecule has 2 N–H and O–H groups in total. The van der Waals surface area contributed by atoms with Crippen LogP contribution in [0.2, 0.25) is 0 Å². The minimum Gasteiger partial charge on any atom is -0.491 e. The smallest absolute Gasteiger partial charge is 0.407 e. The minimum absolute atomic E-state index is 0. The van der Waals surface area contributed by atoms with Crippen molar-refractivity contribution >= 4 is 12.4 Å². The topological polar surface area (TPSA) is 35.2 Å². The highest BCUT2D eigenvalue weighted by molar-refractivity contribution is 5.85. The number of halogens is 4. The molecule has 0 saturated heterocycles. The van der Waals surface area contributed by atoms with E-state index < -0.39 is 12.2 Å². The molecule has 1 aromatic carbocycles. The van der Waals surface area contributed by atoms with Crippen LogP contribution in [0.5, 0.6) is 5.75 Å². The highest BCUT2D eigenvalue weighted by Crippen LogP contribution is 2.31. The first-order valence-electron chi connectivity index (χ1n) is 5.43. The molecule has 1 rings (SSSR count). The Morgan fingerprint density at radius 3 is 2.44 bits per heavy atom. The number of alkyl halides is 3. The Labute approximate surface area is 111 Å². The third-order valence-electron chi connectivity index (χ3n) is 2.48. The molecule has 0 aliphatic rings. The van der Waals surface area contributed by atoms with Gasteiger partial charge in [-0.1, -0.05) is 19.1 Å². The third kappa shape index (κ3) is 4.74. The molecule has 0 fully saturated rings. The van der Waals surface area contributed by atoms with Gasteiger partial charge in [-0.05, 0) is 31.0 Å². The molecule has 0 spiro atoms. The van der Waals surface area contributed by atoms with E-state index >= 15 is 0 Å². The summed E-state index contributed by atoms with van der Waals surface area (Å²) in [6, 6.07) is 3.85. The van der Waals surface area contributed by atoms with Crippen molar-refractivity contribution in [3.05, 3.63) is 29.8 Å². The van der Waals surface area contributed by atoms with Crippen LogP contribution < -0.4 is 10.5 Å². The molecule has 2 nitrogen and oxygen atoms in total. The van der Waals surface area contributed by atoms with E-state index in [1.807, 2.05) is 13.8 Å². The number of ether oxygens (including phenoxy) is 1. The van der Waals surface area contributed by atoms with Gasteiger partial charge in [-0.25, -0.2) is 0 Å². The maximum absolute atomic E-state index is 12.4. The van der Waals surface area contributed by atoms with Crippen LogP contribution in [0.3, 0.4) is 0 Å². The molecule has 0 aliphatic heterocycles. The van der Waals surface area contributed by atoms with Crippen LogP contribution in [0.25, 0.3) is 0 Å². The summed E-state index contributed by atoms with van der Waals surface area (Å²) in [4.78, 5) is 0. The fraction of sp³-hybridized carbons (Fsp3) is 0.500. The van der Waals surface area contributed by atoms with Gasteiger partial charge in [0, 0.05) is 0 Å². The van der Waals surface area contributed by atoms with Crippen LogP contribution in [0, 0.1) is 0 Å². The summed E-state index contributed by atoms with van der Waals surface area (Å²) in [5.74, 6) is 0.413. The monoisotopic (exact) mass is 283 g/mol. The van der Waals surface area contributed by atoms with Crippen molar-refractivity contribution in [1.82, 2.24) is 0 Å². The summed E-state index contributed by atoms with van der Waals surface area (Å²) in [5.41, 5.74) is 5.14. The molecule has 0 heterocycles. The van der Waals surface area contributed by atoms with Crippen molar-refractivity contribution in [3.63, 3.8) is 0 Å². The number of hydrogen-bond acceptors (Lipinski definition) is 2. The summed E-state index contributed by atoms with van der Waals surface area (Å²) in [6.45, 7) is 3.80. The average molecular weight is 284 g/mol. The van der Waals surface area contributed by atoms with Gasteiger partial charge in [0.05, 0.1) is 6.10 Å². The van der Waals surface area contributed by atoms with E-state index in [1.165, 1.54) is 18.2 Å². The minimum atomic E-state index is -4.44. The Hall–Kier alpha value is -0.940. The molecule has 6 heteroatoms. The maximum Gasteiger partial charge on any atom is 0.407 e. The molecule has 1 aromatic rings. The first-order valence-corrected chi connectivity index (χ1v) is 5.43. The van der Waals surface area contributed by atoms with Gasteiger partial charge in [-0.15, -0.1) is 12.4 Å². The lowest BCUT2D eigenvalue weighted by molar-refractivity contribution is -0.149. The Bertz CT molecular complexity index is 371. The zero-order chi connectivity index (χ0) is 13.1. The van der Waals surface area contributed by atoms with E-state index in [0.29, 0.717) is 5.75 Å². The Morgan fingerprint density at radius 1 is 1.33 bits per heavy atom. The summed E-state index contributed by atoms with van der Waals surface area (Å²) in [7, 11) is 0.